The average Bonchev–Trinajstić information content (AvgIpc) is 3.16. The van der Waals surface area contributed by atoms with Crippen molar-refractivity contribution in [1.82, 2.24) is 25.0 Å². The highest BCUT2D eigenvalue weighted by Crippen LogP contribution is 2.26. The molecule has 22 heavy (non-hydrogen) atoms. The average molecular weight is 319 g/mol. The highest BCUT2D eigenvalue weighted by atomic mass is 32.1. The summed E-state index contributed by atoms with van der Waals surface area (Å²) in [6.07, 6.45) is 7.64. The first-order valence-electron chi connectivity index (χ1n) is 7.56. The van der Waals surface area contributed by atoms with Crippen molar-refractivity contribution in [2.45, 2.75) is 12.8 Å². The maximum Gasteiger partial charge on any atom is 0.265 e. The van der Waals surface area contributed by atoms with Gasteiger partial charge in [-0.3, -0.25) is 9.48 Å². The van der Waals surface area contributed by atoms with Gasteiger partial charge in [0.15, 0.2) is 0 Å². The van der Waals surface area contributed by atoms with Crippen LogP contribution in [-0.4, -0.2) is 52.3 Å². The number of amides is 1. The van der Waals surface area contributed by atoms with E-state index in [4.69, 9.17) is 0 Å². The van der Waals surface area contributed by atoms with E-state index < -0.39 is 0 Å². The first-order chi connectivity index (χ1) is 10.7. The van der Waals surface area contributed by atoms with E-state index in [1.165, 1.54) is 17.8 Å². The second-order valence-corrected chi connectivity index (χ2v) is 6.78. The zero-order valence-corrected chi connectivity index (χ0v) is 13.8. The van der Waals surface area contributed by atoms with Crippen molar-refractivity contribution in [3.8, 4) is 10.6 Å². The Kier molecular flexibility index (Phi) is 4.54. The van der Waals surface area contributed by atoms with Gasteiger partial charge in [-0.25, -0.2) is 4.98 Å². The summed E-state index contributed by atoms with van der Waals surface area (Å²) in [4.78, 5) is 19.7. The Morgan fingerprint density at radius 3 is 3.09 bits per heavy atom. The SMILES string of the molecule is CNC[C@@H]1CCCN(C(=O)c2cnc(-c3cnn(C)c3)s2)C1. The van der Waals surface area contributed by atoms with Gasteiger partial charge < -0.3 is 10.2 Å². The Morgan fingerprint density at radius 1 is 1.50 bits per heavy atom. The van der Waals surface area contributed by atoms with Crippen LogP contribution in [0.3, 0.4) is 0 Å². The van der Waals surface area contributed by atoms with Gasteiger partial charge in [0.25, 0.3) is 5.91 Å². The number of hydrogen-bond acceptors (Lipinski definition) is 5. The molecule has 2 aromatic heterocycles. The zero-order chi connectivity index (χ0) is 15.5. The van der Waals surface area contributed by atoms with Crippen LogP contribution in [0.25, 0.3) is 10.6 Å². The van der Waals surface area contributed by atoms with Crippen molar-refractivity contribution < 1.29 is 4.79 Å². The molecule has 3 rings (SSSR count). The number of carbonyl (C=O) groups excluding carboxylic acids is 1. The maximum atomic E-state index is 12.7. The topological polar surface area (TPSA) is 63.1 Å². The van der Waals surface area contributed by atoms with E-state index in [0.717, 1.165) is 36.6 Å². The third-order valence-corrected chi connectivity index (χ3v) is 5.00. The van der Waals surface area contributed by atoms with Crippen LogP contribution in [0.2, 0.25) is 0 Å². The number of aryl methyl sites for hydroxylation is 1. The number of carbonyl (C=O) groups is 1. The summed E-state index contributed by atoms with van der Waals surface area (Å²) in [5.41, 5.74) is 0.957. The second-order valence-electron chi connectivity index (χ2n) is 5.75. The Labute approximate surface area is 134 Å². The number of piperidine rings is 1. The van der Waals surface area contributed by atoms with Crippen molar-refractivity contribution in [3.63, 3.8) is 0 Å². The van der Waals surface area contributed by atoms with E-state index in [-0.39, 0.29) is 5.91 Å². The predicted octanol–water partition coefficient (Wildman–Crippen LogP) is 1.62. The first-order valence-corrected chi connectivity index (χ1v) is 8.37. The molecule has 118 valence electrons. The van der Waals surface area contributed by atoms with Crippen LogP contribution < -0.4 is 5.32 Å². The zero-order valence-electron chi connectivity index (χ0n) is 13.0. The van der Waals surface area contributed by atoms with Gasteiger partial charge in [0.2, 0.25) is 0 Å². The third kappa shape index (κ3) is 3.20. The smallest absolute Gasteiger partial charge is 0.265 e. The van der Waals surface area contributed by atoms with Crippen LogP contribution in [0, 0.1) is 5.92 Å². The van der Waals surface area contributed by atoms with E-state index in [2.05, 4.69) is 15.4 Å². The van der Waals surface area contributed by atoms with Crippen LogP contribution in [0.15, 0.2) is 18.6 Å². The molecule has 1 N–H and O–H groups in total. The summed E-state index contributed by atoms with van der Waals surface area (Å²) < 4.78 is 1.74. The number of nitrogens with zero attached hydrogens (tertiary/aromatic N) is 4. The summed E-state index contributed by atoms with van der Waals surface area (Å²) >= 11 is 1.44. The normalized spacial score (nSPS) is 18.6. The summed E-state index contributed by atoms with van der Waals surface area (Å²) in [5, 5.41) is 8.20. The molecule has 1 amide bonds. The summed E-state index contributed by atoms with van der Waals surface area (Å²) in [5.74, 6) is 0.654. The Balaban J connectivity index is 1.71. The molecule has 0 aromatic carbocycles. The summed E-state index contributed by atoms with van der Waals surface area (Å²) in [7, 11) is 3.84. The molecule has 0 saturated carbocycles. The lowest BCUT2D eigenvalue weighted by Crippen LogP contribution is -2.42. The number of nitrogens with one attached hydrogen (secondary N) is 1. The number of rotatable bonds is 4. The lowest BCUT2D eigenvalue weighted by molar-refractivity contribution is 0.0679. The maximum absolute atomic E-state index is 12.7. The van der Waals surface area contributed by atoms with Gasteiger partial charge in [-0.1, -0.05) is 0 Å². The lowest BCUT2D eigenvalue weighted by Gasteiger charge is -2.32. The highest BCUT2D eigenvalue weighted by Gasteiger charge is 2.25. The fraction of sp³-hybridized carbons (Fsp3) is 0.533. The lowest BCUT2D eigenvalue weighted by atomic mass is 9.98. The largest absolute Gasteiger partial charge is 0.338 e. The van der Waals surface area contributed by atoms with Crippen LogP contribution in [0.5, 0.6) is 0 Å². The van der Waals surface area contributed by atoms with Gasteiger partial charge in [-0.05, 0) is 32.4 Å². The predicted molar refractivity (Wildman–Crippen MR) is 86.9 cm³/mol. The van der Waals surface area contributed by atoms with E-state index in [9.17, 15) is 4.79 Å². The monoisotopic (exact) mass is 319 g/mol. The molecule has 3 heterocycles. The van der Waals surface area contributed by atoms with Crippen molar-refractivity contribution in [3.05, 3.63) is 23.5 Å². The van der Waals surface area contributed by atoms with Gasteiger partial charge in [-0.15, -0.1) is 11.3 Å². The van der Waals surface area contributed by atoms with Crippen LogP contribution in [-0.2, 0) is 7.05 Å². The van der Waals surface area contributed by atoms with Crippen molar-refractivity contribution in [2.75, 3.05) is 26.7 Å². The summed E-state index contributed by atoms with van der Waals surface area (Å²) in [6, 6.07) is 0. The molecule has 0 unspecified atom stereocenters. The minimum absolute atomic E-state index is 0.105. The minimum atomic E-state index is 0.105. The van der Waals surface area contributed by atoms with E-state index in [0.29, 0.717) is 10.8 Å². The molecule has 0 spiro atoms. The molecule has 1 aliphatic heterocycles. The molecule has 1 atom stereocenters. The molecule has 0 radical (unpaired) electrons. The molecule has 7 heteroatoms. The van der Waals surface area contributed by atoms with Crippen LogP contribution in [0.1, 0.15) is 22.5 Å². The number of thiazole rings is 1. The van der Waals surface area contributed by atoms with Crippen molar-refractivity contribution in [1.29, 1.82) is 0 Å². The second kappa shape index (κ2) is 6.58. The molecule has 0 bridgehead atoms. The molecule has 1 saturated heterocycles. The van der Waals surface area contributed by atoms with Gasteiger partial charge in [0.1, 0.15) is 9.88 Å². The number of likely N-dealkylation sites (tertiary alicyclic amines) is 1. The van der Waals surface area contributed by atoms with Gasteiger partial charge in [0, 0.05) is 31.9 Å². The van der Waals surface area contributed by atoms with Crippen molar-refractivity contribution >= 4 is 17.2 Å². The third-order valence-electron chi connectivity index (χ3n) is 3.97. The standard InChI is InChI=1S/C15H21N5OS/c1-16-6-11-4-3-5-20(9-11)15(21)13-8-17-14(22-13)12-7-18-19(2)10-12/h7-8,10-11,16H,3-6,9H2,1-2H3/t11-/m0/s1. The van der Waals surface area contributed by atoms with Crippen LogP contribution in [0.4, 0.5) is 0 Å². The summed E-state index contributed by atoms with van der Waals surface area (Å²) in [6.45, 7) is 2.65. The van der Waals surface area contributed by atoms with Crippen LogP contribution >= 0.6 is 11.3 Å². The van der Waals surface area contributed by atoms with Crippen molar-refractivity contribution in [2.24, 2.45) is 13.0 Å². The van der Waals surface area contributed by atoms with E-state index in [1.807, 2.05) is 25.2 Å². The molecule has 6 nitrogen and oxygen atoms in total. The first kappa shape index (κ1) is 15.2. The Bertz CT molecular complexity index is 648. The van der Waals surface area contributed by atoms with E-state index >= 15 is 0 Å². The minimum Gasteiger partial charge on any atom is -0.338 e. The highest BCUT2D eigenvalue weighted by molar-refractivity contribution is 7.16. The number of aromatic nitrogens is 3. The van der Waals surface area contributed by atoms with Gasteiger partial charge in [-0.2, -0.15) is 5.10 Å². The molecule has 0 aliphatic carbocycles. The number of hydrogen-bond donors (Lipinski definition) is 1. The molecule has 1 fully saturated rings. The molecular formula is C15H21N5OS. The molecular weight excluding hydrogens is 298 g/mol. The van der Waals surface area contributed by atoms with E-state index in [1.54, 1.807) is 17.1 Å². The Morgan fingerprint density at radius 2 is 2.36 bits per heavy atom. The van der Waals surface area contributed by atoms with Gasteiger partial charge >= 0.3 is 0 Å². The molecule has 1 aliphatic rings. The van der Waals surface area contributed by atoms with Gasteiger partial charge in [0.05, 0.1) is 12.4 Å². The fourth-order valence-corrected chi connectivity index (χ4v) is 3.76. The Hall–Kier alpha value is -1.73. The fourth-order valence-electron chi connectivity index (χ4n) is 2.90. The molecule has 2 aromatic rings. The quantitative estimate of drug-likeness (QED) is 0.930.